The highest BCUT2D eigenvalue weighted by atomic mass is 16.3. The molecule has 0 aromatic carbocycles. The lowest BCUT2D eigenvalue weighted by Gasteiger charge is -2.45. The summed E-state index contributed by atoms with van der Waals surface area (Å²) in [7, 11) is 0. The Morgan fingerprint density at radius 3 is 2.84 bits per heavy atom. The summed E-state index contributed by atoms with van der Waals surface area (Å²) in [6.07, 6.45) is 6.88. The molecule has 2 saturated carbocycles. The van der Waals surface area contributed by atoms with E-state index < -0.39 is 0 Å². The first-order valence-corrected chi connectivity index (χ1v) is 7.77. The fourth-order valence-corrected chi connectivity index (χ4v) is 4.63. The van der Waals surface area contributed by atoms with E-state index >= 15 is 0 Å². The first kappa shape index (κ1) is 14.7. The van der Waals surface area contributed by atoms with Crippen LogP contribution in [0.5, 0.6) is 0 Å². The smallest absolute Gasteiger partial charge is 0.0573 e. The Kier molecular flexibility index (Phi) is 4.41. The summed E-state index contributed by atoms with van der Waals surface area (Å²) in [4.78, 5) is 0. The van der Waals surface area contributed by atoms with Gasteiger partial charge in [0.1, 0.15) is 0 Å². The summed E-state index contributed by atoms with van der Waals surface area (Å²) in [5.41, 5.74) is 1.30. The zero-order chi connectivity index (χ0) is 14.0. The number of fused-ring (bicyclic) bond motifs is 1. The molecule has 0 aliphatic heterocycles. The van der Waals surface area contributed by atoms with E-state index in [1.54, 1.807) is 0 Å². The fraction of sp³-hybridized carbons (Fsp3) is 0.778. The highest BCUT2D eigenvalue weighted by molar-refractivity contribution is 5.23. The van der Waals surface area contributed by atoms with Crippen molar-refractivity contribution in [3.8, 4) is 11.8 Å². The quantitative estimate of drug-likeness (QED) is 0.739. The summed E-state index contributed by atoms with van der Waals surface area (Å²) in [6, 6.07) is 0. The highest BCUT2D eigenvalue weighted by Crippen LogP contribution is 2.58. The van der Waals surface area contributed by atoms with Crippen LogP contribution in [-0.2, 0) is 0 Å². The Bertz CT molecular complexity index is 400. The Hall–Kier alpha value is -0.740. The van der Waals surface area contributed by atoms with Crippen LogP contribution in [0.4, 0.5) is 0 Å². The van der Waals surface area contributed by atoms with Crippen molar-refractivity contribution in [2.24, 2.45) is 23.2 Å². The van der Waals surface area contributed by atoms with Crippen molar-refractivity contribution < 1.29 is 5.11 Å². The third-order valence-electron chi connectivity index (χ3n) is 5.58. The molecule has 2 aliphatic rings. The van der Waals surface area contributed by atoms with E-state index in [9.17, 15) is 5.11 Å². The molecule has 19 heavy (non-hydrogen) atoms. The van der Waals surface area contributed by atoms with Crippen LogP contribution >= 0.6 is 0 Å². The van der Waals surface area contributed by atoms with Gasteiger partial charge in [-0.3, -0.25) is 0 Å². The maximum Gasteiger partial charge on any atom is 0.0573 e. The van der Waals surface area contributed by atoms with E-state index in [2.05, 4.69) is 32.3 Å². The second-order valence-corrected chi connectivity index (χ2v) is 7.02. The van der Waals surface area contributed by atoms with Crippen LogP contribution in [0.3, 0.4) is 0 Å². The molecule has 0 saturated heterocycles. The summed E-state index contributed by atoms with van der Waals surface area (Å²) < 4.78 is 0. The molecule has 0 radical (unpaired) electrons. The van der Waals surface area contributed by atoms with Gasteiger partial charge >= 0.3 is 0 Å². The van der Waals surface area contributed by atoms with Gasteiger partial charge in [-0.25, -0.2) is 0 Å². The van der Waals surface area contributed by atoms with E-state index in [4.69, 9.17) is 0 Å². The summed E-state index contributed by atoms with van der Waals surface area (Å²) in [5, 5.41) is 10.3. The van der Waals surface area contributed by atoms with Gasteiger partial charge in [0.2, 0.25) is 0 Å². The molecule has 0 heterocycles. The molecule has 2 fully saturated rings. The molecule has 0 bridgehead atoms. The molecule has 5 unspecified atom stereocenters. The van der Waals surface area contributed by atoms with Crippen LogP contribution < -0.4 is 0 Å². The number of aliphatic hydroxyl groups is 1. The minimum Gasteiger partial charge on any atom is -0.393 e. The van der Waals surface area contributed by atoms with Crippen molar-refractivity contribution in [2.45, 2.75) is 65.4 Å². The molecule has 2 rings (SSSR count). The molecule has 2 aliphatic carbocycles. The third-order valence-corrected chi connectivity index (χ3v) is 5.58. The molecule has 0 aromatic heterocycles. The number of aliphatic hydroxyl groups excluding tert-OH is 1. The van der Waals surface area contributed by atoms with Crippen LogP contribution in [0.1, 0.15) is 59.3 Å². The zero-order valence-electron chi connectivity index (χ0n) is 12.7. The maximum absolute atomic E-state index is 10.3. The van der Waals surface area contributed by atoms with Gasteiger partial charge in [-0.05, 0) is 61.3 Å². The second-order valence-electron chi connectivity index (χ2n) is 7.02. The van der Waals surface area contributed by atoms with Gasteiger partial charge < -0.3 is 5.11 Å². The molecular weight excluding hydrogens is 232 g/mol. The first-order valence-electron chi connectivity index (χ1n) is 7.77. The van der Waals surface area contributed by atoms with Gasteiger partial charge in [0.25, 0.3) is 0 Å². The Balaban J connectivity index is 2.05. The summed E-state index contributed by atoms with van der Waals surface area (Å²) in [5.74, 6) is 8.26. The molecular formula is C18H28O. The van der Waals surface area contributed by atoms with Crippen molar-refractivity contribution >= 4 is 0 Å². The highest BCUT2D eigenvalue weighted by Gasteiger charge is 2.51. The number of hydrogen-bond donors (Lipinski definition) is 1. The molecule has 0 amide bonds. The minimum absolute atomic E-state index is 0.0579. The van der Waals surface area contributed by atoms with E-state index in [0.717, 1.165) is 24.3 Å². The van der Waals surface area contributed by atoms with Gasteiger partial charge in [0, 0.05) is 6.42 Å². The maximum atomic E-state index is 10.3. The normalized spacial score (nSPS) is 39.1. The van der Waals surface area contributed by atoms with Crippen molar-refractivity contribution in [3.05, 3.63) is 12.2 Å². The molecule has 1 nitrogen and oxygen atoms in total. The van der Waals surface area contributed by atoms with E-state index in [-0.39, 0.29) is 6.10 Å². The van der Waals surface area contributed by atoms with Crippen molar-refractivity contribution in [2.75, 3.05) is 0 Å². The van der Waals surface area contributed by atoms with E-state index in [1.807, 2.05) is 6.92 Å². The Morgan fingerprint density at radius 2 is 2.16 bits per heavy atom. The number of allylic oxidation sites excluding steroid dienone is 1. The Morgan fingerprint density at radius 1 is 1.42 bits per heavy atom. The molecule has 1 N–H and O–H groups in total. The van der Waals surface area contributed by atoms with Gasteiger partial charge in [-0.15, -0.1) is 0 Å². The average Bonchev–Trinajstić information content (AvgIpc) is 2.67. The molecule has 0 aromatic rings. The fourth-order valence-electron chi connectivity index (χ4n) is 4.63. The van der Waals surface area contributed by atoms with Crippen LogP contribution in [-0.4, -0.2) is 11.2 Å². The van der Waals surface area contributed by atoms with Gasteiger partial charge in [0.05, 0.1) is 6.10 Å². The van der Waals surface area contributed by atoms with Crippen LogP contribution in [0.2, 0.25) is 0 Å². The lowest BCUT2D eigenvalue weighted by Crippen LogP contribution is -2.41. The van der Waals surface area contributed by atoms with Crippen LogP contribution in [0.15, 0.2) is 12.2 Å². The monoisotopic (exact) mass is 260 g/mol. The van der Waals surface area contributed by atoms with Gasteiger partial charge in [-0.2, -0.15) is 0 Å². The molecule has 0 spiro atoms. The lowest BCUT2D eigenvalue weighted by molar-refractivity contribution is -0.0264. The number of rotatable bonds is 2. The average molecular weight is 260 g/mol. The first-order chi connectivity index (χ1) is 8.95. The lowest BCUT2D eigenvalue weighted by atomic mass is 9.61. The SMILES string of the molecule is C=C(C)C#CCC(C)C1CCC2C(O)CCCC12C. The number of hydrogen-bond acceptors (Lipinski definition) is 1. The topological polar surface area (TPSA) is 20.2 Å². The third kappa shape index (κ3) is 2.90. The van der Waals surface area contributed by atoms with E-state index in [1.165, 1.54) is 25.7 Å². The predicted molar refractivity (Wildman–Crippen MR) is 80.5 cm³/mol. The predicted octanol–water partition coefficient (Wildman–Crippen LogP) is 4.17. The summed E-state index contributed by atoms with van der Waals surface area (Å²) >= 11 is 0. The zero-order valence-corrected chi connectivity index (χ0v) is 12.7. The molecule has 1 heteroatoms. The van der Waals surface area contributed by atoms with Crippen molar-refractivity contribution in [1.29, 1.82) is 0 Å². The van der Waals surface area contributed by atoms with Crippen LogP contribution in [0.25, 0.3) is 0 Å². The minimum atomic E-state index is -0.0579. The molecule has 5 atom stereocenters. The van der Waals surface area contributed by atoms with Crippen molar-refractivity contribution in [3.63, 3.8) is 0 Å². The largest absolute Gasteiger partial charge is 0.393 e. The standard InChI is InChI=1S/C18H28O/c1-13(2)7-5-8-14(3)15-10-11-16-17(19)9-6-12-18(15,16)4/h14-17,19H,1,6,8-12H2,2-4H3. The van der Waals surface area contributed by atoms with Gasteiger partial charge in [-0.1, -0.05) is 38.7 Å². The summed E-state index contributed by atoms with van der Waals surface area (Å²) in [6.45, 7) is 10.5. The van der Waals surface area contributed by atoms with Crippen molar-refractivity contribution in [1.82, 2.24) is 0 Å². The Labute approximate surface area is 118 Å². The van der Waals surface area contributed by atoms with Gasteiger partial charge in [0.15, 0.2) is 0 Å². The van der Waals surface area contributed by atoms with Crippen LogP contribution in [0, 0.1) is 35.0 Å². The van der Waals surface area contributed by atoms with E-state index in [0.29, 0.717) is 17.3 Å². The molecule has 106 valence electrons. The second kappa shape index (κ2) is 5.71.